The summed E-state index contributed by atoms with van der Waals surface area (Å²) in [6.07, 6.45) is 5.05. The van der Waals surface area contributed by atoms with Crippen molar-refractivity contribution in [3.05, 3.63) is 28.2 Å². The zero-order valence-electron chi connectivity index (χ0n) is 10.2. The number of nitrogens with one attached hydrogen (secondary N) is 1. The Morgan fingerprint density at radius 3 is 2.44 bits per heavy atom. The van der Waals surface area contributed by atoms with Crippen molar-refractivity contribution in [3.8, 4) is 0 Å². The smallest absolute Gasteiger partial charge is 0.252 e. The molecular formula is C14H17BrN2O. The summed E-state index contributed by atoms with van der Waals surface area (Å²) in [5.41, 5.74) is 7.00. The second-order valence-corrected chi connectivity index (χ2v) is 6.27. The van der Waals surface area contributed by atoms with Crippen LogP contribution in [0.2, 0.25) is 0 Å². The number of hydrogen-bond acceptors (Lipinski definition) is 2. The van der Waals surface area contributed by atoms with Crippen molar-refractivity contribution in [2.45, 2.75) is 31.7 Å². The molecule has 1 aromatic rings. The zero-order valence-corrected chi connectivity index (χ0v) is 11.7. The van der Waals surface area contributed by atoms with Gasteiger partial charge in [-0.3, -0.25) is 4.79 Å². The third-order valence-corrected chi connectivity index (χ3v) is 4.48. The summed E-state index contributed by atoms with van der Waals surface area (Å²) in [7, 11) is 0. The van der Waals surface area contributed by atoms with Crippen molar-refractivity contribution < 1.29 is 4.79 Å². The molecule has 1 amide bonds. The second kappa shape index (κ2) is 4.57. The molecule has 2 fully saturated rings. The van der Waals surface area contributed by atoms with Crippen LogP contribution in [0.3, 0.4) is 0 Å². The Hall–Kier alpha value is -1.03. The minimum absolute atomic E-state index is 0.00188. The summed E-state index contributed by atoms with van der Waals surface area (Å²) in [6.45, 7) is 0. The Morgan fingerprint density at radius 1 is 1.28 bits per heavy atom. The summed E-state index contributed by atoms with van der Waals surface area (Å²) in [4.78, 5) is 12.3. The fourth-order valence-electron chi connectivity index (χ4n) is 2.48. The van der Waals surface area contributed by atoms with E-state index < -0.39 is 0 Å². The number of rotatable bonds is 4. The molecule has 0 unspecified atom stereocenters. The molecular weight excluding hydrogens is 292 g/mol. The van der Waals surface area contributed by atoms with Crippen molar-refractivity contribution >= 4 is 27.5 Å². The summed E-state index contributed by atoms with van der Waals surface area (Å²) in [5.74, 6) is 1.42. The van der Waals surface area contributed by atoms with Crippen LogP contribution in [0.5, 0.6) is 0 Å². The highest BCUT2D eigenvalue weighted by molar-refractivity contribution is 9.10. The average molecular weight is 309 g/mol. The van der Waals surface area contributed by atoms with E-state index in [1.807, 2.05) is 6.07 Å². The van der Waals surface area contributed by atoms with Gasteiger partial charge in [0.2, 0.25) is 0 Å². The van der Waals surface area contributed by atoms with E-state index in [0.717, 1.165) is 4.47 Å². The average Bonchev–Trinajstić information content (AvgIpc) is 3.21. The fourth-order valence-corrected chi connectivity index (χ4v) is 2.90. The second-order valence-electron chi connectivity index (χ2n) is 5.41. The maximum absolute atomic E-state index is 12.3. The van der Waals surface area contributed by atoms with Gasteiger partial charge in [0, 0.05) is 16.2 Å². The molecule has 0 aliphatic heterocycles. The quantitative estimate of drug-likeness (QED) is 0.840. The number of nitrogen functional groups attached to an aromatic ring is 1. The van der Waals surface area contributed by atoms with E-state index in [1.165, 1.54) is 25.7 Å². The van der Waals surface area contributed by atoms with Gasteiger partial charge in [-0.1, -0.05) is 0 Å². The summed E-state index contributed by atoms with van der Waals surface area (Å²) in [5, 5.41) is 3.20. The van der Waals surface area contributed by atoms with Gasteiger partial charge < -0.3 is 11.1 Å². The molecule has 2 aliphatic rings. The van der Waals surface area contributed by atoms with Crippen LogP contribution in [0.25, 0.3) is 0 Å². The van der Waals surface area contributed by atoms with Crippen LogP contribution in [0.1, 0.15) is 36.0 Å². The normalized spacial score (nSPS) is 19.0. The van der Waals surface area contributed by atoms with Gasteiger partial charge >= 0.3 is 0 Å². The molecule has 18 heavy (non-hydrogen) atoms. The van der Waals surface area contributed by atoms with E-state index in [1.54, 1.807) is 12.1 Å². The predicted molar refractivity (Wildman–Crippen MR) is 75.3 cm³/mol. The molecule has 0 spiro atoms. The van der Waals surface area contributed by atoms with Crippen LogP contribution in [-0.4, -0.2) is 11.9 Å². The van der Waals surface area contributed by atoms with Crippen LogP contribution in [-0.2, 0) is 0 Å². The Balaban J connectivity index is 1.75. The lowest BCUT2D eigenvalue weighted by atomic mass is 10.1. The van der Waals surface area contributed by atoms with Gasteiger partial charge in [0.05, 0.1) is 5.56 Å². The van der Waals surface area contributed by atoms with E-state index in [4.69, 9.17) is 5.73 Å². The van der Waals surface area contributed by atoms with Crippen LogP contribution < -0.4 is 11.1 Å². The number of hydrogen-bond donors (Lipinski definition) is 2. The first-order valence-electron chi connectivity index (χ1n) is 6.51. The van der Waals surface area contributed by atoms with Gasteiger partial charge in [-0.25, -0.2) is 0 Å². The number of carbonyl (C=O) groups excluding carboxylic acids is 1. The largest absolute Gasteiger partial charge is 0.399 e. The van der Waals surface area contributed by atoms with Gasteiger partial charge in [-0.05, 0) is 71.6 Å². The fraction of sp³-hybridized carbons (Fsp3) is 0.500. The number of benzene rings is 1. The molecule has 0 aromatic heterocycles. The Labute approximate surface area is 115 Å². The van der Waals surface area contributed by atoms with E-state index in [2.05, 4.69) is 21.2 Å². The molecule has 3 rings (SSSR count). The summed E-state index contributed by atoms with van der Waals surface area (Å²) >= 11 is 3.41. The van der Waals surface area contributed by atoms with Crippen molar-refractivity contribution in [2.75, 3.05) is 5.73 Å². The van der Waals surface area contributed by atoms with Gasteiger partial charge in [-0.2, -0.15) is 0 Å². The van der Waals surface area contributed by atoms with E-state index in [9.17, 15) is 4.79 Å². The van der Waals surface area contributed by atoms with Gasteiger partial charge in [0.25, 0.3) is 5.91 Å². The first kappa shape index (κ1) is 12.0. The minimum atomic E-state index is -0.00188. The maximum atomic E-state index is 12.3. The standard InChI is InChI=1S/C14H17BrN2O/c15-12-6-5-10(16)7-11(12)14(18)17-13(8-1-2-8)9-3-4-9/h5-9,13H,1-4,16H2,(H,17,18). The Morgan fingerprint density at radius 2 is 1.89 bits per heavy atom. The molecule has 1 aromatic carbocycles. The number of amides is 1. The molecule has 96 valence electrons. The lowest BCUT2D eigenvalue weighted by molar-refractivity contribution is 0.0925. The molecule has 0 heterocycles. The molecule has 4 heteroatoms. The molecule has 0 bridgehead atoms. The van der Waals surface area contributed by atoms with Crippen LogP contribution in [0.4, 0.5) is 5.69 Å². The number of nitrogens with two attached hydrogens (primary N) is 1. The molecule has 0 saturated heterocycles. The maximum Gasteiger partial charge on any atom is 0.252 e. The summed E-state index contributed by atoms with van der Waals surface area (Å²) < 4.78 is 0.805. The van der Waals surface area contributed by atoms with E-state index >= 15 is 0 Å². The minimum Gasteiger partial charge on any atom is -0.399 e. The molecule has 0 radical (unpaired) electrons. The van der Waals surface area contributed by atoms with Crippen LogP contribution >= 0.6 is 15.9 Å². The Bertz CT molecular complexity index is 469. The monoisotopic (exact) mass is 308 g/mol. The number of carbonyl (C=O) groups is 1. The highest BCUT2D eigenvalue weighted by atomic mass is 79.9. The van der Waals surface area contributed by atoms with Gasteiger partial charge in [0.1, 0.15) is 0 Å². The Kier molecular flexibility index (Phi) is 3.06. The SMILES string of the molecule is Nc1ccc(Br)c(C(=O)NC(C2CC2)C2CC2)c1. The first-order chi connectivity index (χ1) is 8.65. The number of anilines is 1. The van der Waals surface area contributed by atoms with E-state index in [0.29, 0.717) is 29.1 Å². The van der Waals surface area contributed by atoms with Crippen molar-refractivity contribution in [3.63, 3.8) is 0 Å². The topological polar surface area (TPSA) is 55.1 Å². The zero-order chi connectivity index (χ0) is 12.7. The lowest BCUT2D eigenvalue weighted by Crippen LogP contribution is -2.38. The van der Waals surface area contributed by atoms with Crippen molar-refractivity contribution in [1.82, 2.24) is 5.32 Å². The molecule has 2 aliphatic carbocycles. The molecule has 0 atom stereocenters. The summed E-state index contributed by atoms with van der Waals surface area (Å²) in [6, 6.07) is 5.73. The lowest BCUT2D eigenvalue weighted by Gasteiger charge is -2.18. The molecule has 2 saturated carbocycles. The highest BCUT2D eigenvalue weighted by Crippen LogP contribution is 2.44. The van der Waals surface area contributed by atoms with E-state index in [-0.39, 0.29) is 5.91 Å². The van der Waals surface area contributed by atoms with Crippen LogP contribution in [0.15, 0.2) is 22.7 Å². The molecule has 3 nitrogen and oxygen atoms in total. The van der Waals surface area contributed by atoms with Crippen molar-refractivity contribution in [2.24, 2.45) is 11.8 Å². The van der Waals surface area contributed by atoms with Crippen LogP contribution in [0, 0.1) is 11.8 Å². The third-order valence-electron chi connectivity index (χ3n) is 3.79. The van der Waals surface area contributed by atoms with Gasteiger partial charge in [-0.15, -0.1) is 0 Å². The highest BCUT2D eigenvalue weighted by Gasteiger charge is 2.42. The predicted octanol–water partition coefficient (Wildman–Crippen LogP) is 2.95. The molecule has 3 N–H and O–H groups in total. The third kappa shape index (κ3) is 2.53. The van der Waals surface area contributed by atoms with Gasteiger partial charge in [0.15, 0.2) is 0 Å². The van der Waals surface area contributed by atoms with Crippen molar-refractivity contribution in [1.29, 1.82) is 0 Å². The number of halogens is 1. The first-order valence-corrected chi connectivity index (χ1v) is 7.30.